The van der Waals surface area contributed by atoms with Gasteiger partial charge in [0.25, 0.3) is 5.91 Å². The number of benzene rings is 1. The van der Waals surface area contributed by atoms with Crippen molar-refractivity contribution in [3.63, 3.8) is 0 Å². The van der Waals surface area contributed by atoms with Crippen LogP contribution in [-0.2, 0) is 4.79 Å². The molecule has 1 aromatic carbocycles. The molecular weight excluding hydrogens is 278 g/mol. The topological polar surface area (TPSA) is 61.4 Å². The third kappa shape index (κ3) is 3.65. The van der Waals surface area contributed by atoms with E-state index in [2.05, 4.69) is 24.5 Å². The van der Waals surface area contributed by atoms with Crippen molar-refractivity contribution < 1.29 is 9.59 Å². The molecule has 1 aromatic rings. The molecule has 0 radical (unpaired) electrons. The molecule has 5 heteroatoms. The van der Waals surface area contributed by atoms with E-state index in [4.69, 9.17) is 0 Å². The van der Waals surface area contributed by atoms with Gasteiger partial charge in [-0.15, -0.1) is 0 Å². The lowest BCUT2D eigenvalue weighted by Gasteiger charge is -2.38. The SMILES string of the molecule is CN(C)C(=O)c1ccc(NC(=O)C2NCCCC2(C)C)cc1. The van der Waals surface area contributed by atoms with Gasteiger partial charge in [-0.1, -0.05) is 13.8 Å². The Bertz CT molecular complexity index is 550. The first-order chi connectivity index (χ1) is 10.3. The highest BCUT2D eigenvalue weighted by Gasteiger charge is 2.37. The molecule has 1 saturated heterocycles. The monoisotopic (exact) mass is 303 g/mol. The number of amides is 2. The maximum absolute atomic E-state index is 12.5. The normalized spacial score (nSPS) is 20.3. The molecule has 0 aliphatic carbocycles. The maximum atomic E-state index is 12.5. The molecule has 22 heavy (non-hydrogen) atoms. The molecule has 5 nitrogen and oxygen atoms in total. The quantitative estimate of drug-likeness (QED) is 0.899. The van der Waals surface area contributed by atoms with E-state index >= 15 is 0 Å². The fourth-order valence-electron chi connectivity index (χ4n) is 2.83. The summed E-state index contributed by atoms with van der Waals surface area (Å²) in [5, 5.41) is 6.24. The van der Waals surface area contributed by atoms with Crippen LogP contribution in [0, 0.1) is 5.41 Å². The molecule has 0 aromatic heterocycles. The standard InChI is InChI=1S/C17H25N3O2/c1-17(2)10-5-11-18-14(17)15(21)19-13-8-6-12(7-9-13)16(22)20(3)4/h6-9,14,18H,5,10-11H2,1-4H3,(H,19,21). The van der Waals surface area contributed by atoms with Crippen LogP contribution in [0.5, 0.6) is 0 Å². The van der Waals surface area contributed by atoms with E-state index in [0.717, 1.165) is 19.4 Å². The third-order valence-corrected chi connectivity index (χ3v) is 4.20. The summed E-state index contributed by atoms with van der Waals surface area (Å²) in [6.45, 7) is 5.10. The van der Waals surface area contributed by atoms with Crippen molar-refractivity contribution in [1.82, 2.24) is 10.2 Å². The van der Waals surface area contributed by atoms with Gasteiger partial charge in [0.15, 0.2) is 0 Å². The lowest BCUT2D eigenvalue weighted by molar-refractivity contribution is -0.121. The Morgan fingerprint density at radius 1 is 1.23 bits per heavy atom. The molecule has 1 unspecified atom stereocenters. The fourth-order valence-corrected chi connectivity index (χ4v) is 2.83. The molecule has 2 amide bonds. The van der Waals surface area contributed by atoms with Gasteiger partial charge in [-0.3, -0.25) is 9.59 Å². The van der Waals surface area contributed by atoms with E-state index in [1.807, 2.05) is 0 Å². The Hall–Kier alpha value is -1.88. The van der Waals surface area contributed by atoms with Crippen molar-refractivity contribution in [2.24, 2.45) is 5.41 Å². The molecule has 1 aliphatic rings. The molecule has 2 rings (SSSR count). The minimum atomic E-state index is -0.190. The number of hydrogen-bond acceptors (Lipinski definition) is 3. The van der Waals surface area contributed by atoms with Crippen LogP contribution in [0.15, 0.2) is 24.3 Å². The van der Waals surface area contributed by atoms with E-state index in [1.165, 1.54) is 4.90 Å². The number of piperidine rings is 1. The van der Waals surface area contributed by atoms with Gasteiger partial charge >= 0.3 is 0 Å². The van der Waals surface area contributed by atoms with Crippen LogP contribution in [0.2, 0.25) is 0 Å². The van der Waals surface area contributed by atoms with Crippen LogP contribution in [0.4, 0.5) is 5.69 Å². The minimum Gasteiger partial charge on any atom is -0.345 e. The van der Waals surface area contributed by atoms with Crippen molar-refractivity contribution in [2.45, 2.75) is 32.7 Å². The van der Waals surface area contributed by atoms with Crippen molar-refractivity contribution in [3.05, 3.63) is 29.8 Å². The first kappa shape index (κ1) is 16.5. The number of anilines is 1. The zero-order valence-corrected chi connectivity index (χ0v) is 13.8. The highest BCUT2D eigenvalue weighted by molar-refractivity contribution is 5.97. The maximum Gasteiger partial charge on any atom is 0.253 e. The van der Waals surface area contributed by atoms with Crippen molar-refractivity contribution in [2.75, 3.05) is 26.0 Å². The Morgan fingerprint density at radius 2 is 1.86 bits per heavy atom. The van der Waals surface area contributed by atoms with Gasteiger partial charge in [0.05, 0.1) is 6.04 Å². The number of nitrogens with one attached hydrogen (secondary N) is 2. The predicted molar refractivity (Wildman–Crippen MR) is 87.9 cm³/mol. The zero-order valence-electron chi connectivity index (χ0n) is 13.8. The summed E-state index contributed by atoms with van der Waals surface area (Å²) in [6.07, 6.45) is 2.13. The fraction of sp³-hybridized carbons (Fsp3) is 0.529. The van der Waals surface area contributed by atoms with Gasteiger partial charge in [-0.05, 0) is 49.1 Å². The number of rotatable bonds is 3. The molecule has 2 N–H and O–H groups in total. The average Bonchev–Trinajstić information content (AvgIpc) is 2.46. The van der Waals surface area contributed by atoms with E-state index in [1.54, 1.807) is 38.4 Å². The van der Waals surface area contributed by atoms with Crippen LogP contribution in [-0.4, -0.2) is 43.4 Å². The van der Waals surface area contributed by atoms with Gasteiger partial charge in [-0.25, -0.2) is 0 Å². The summed E-state index contributed by atoms with van der Waals surface area (Å²) >= 11 is 0. The lowest BCUT2D eigenvalue weighted by Crippen LogP contribution is -2.53. The highest BCUT2D eigenvalue weighted by atomic mass is 16.2. The molecule has 0 spiro atoms. The number of nitrogens with zero attached hydrogens (tertiary/aromatic N) is 1. The number of hydrogen-bond donors (Lipinski definition) is 2. The van der Waals surface area contributed by atoms with Crippen LogP contribution >= 0.6 is 0 Å². The van der Waals surface area contributed by atoms with Gasteiger partial charge in [0.1, 0.15) is 0 Å². The van der Waals surface area contributed by atoms with Gasteiger partial charge < -0.3 is 15.5 Å². The Kier molecular flexibility index (Phi) is 4.86. The molecule has 1 atom stereocenters. The summed E-state index contributed by atoms with van der Waals surface area (Å²) in [5.41, 5.74) is 1.27. The largest absolute Gasteiger partial charge is 0.345 e. The lowest BCUT2D eigenvalue weighted by atomic mass is 9.77. The summed E-state index contributed by atoms with van der Waals surface area (Å²) in [4.78, 5) is 25.8. The first-order valence-corrected chi connectivity index (χ1v) is 7.67. The summed E-state index contributed by atoms with van der Waals surface area (Å²) in [7, 11) is 3.43. The first-order valence-electron chi connectivity index (χ1n) is 7.67. The second-order valence-electron chi connectivity index (χ2n) is 6.75. The molecule has 1 aliphatic heterocycles. The van der Waals surface area contributed by atoms with Crippen molar-refractivity contribution in [3.8, 4) is 0 Å². The van der Waals surface area contributed by atoms with E-state index in [9.17, 15) is 9.59 Å². The molecule has 1 heterocycles. The van der Waals surface area contributed by atoms with Crippen LogP contribution in [0.25, 0.3) is 0 Å². The second kappa shape index (κ2) is 6.48. The van der Waals surface area contributed by atoms with Crippen LogP contribution in [0.3, 0.4) is 0 Å². The Labute approximate surface area is 132 Å². The molecule has 1 fully saturated rings. The molecule has 0 bridgehead atoms. The smallest absolute Gasteiger partial charge is 0.253 e. The van der Waals surface area contributed by atoms with Gasteiger partial charge in [0.2, 0.25) is 5.91 Å². The molecule has 120 valence electrons. The summed E-state index contributed by atoms with van der Waals surface area (Å²) in [5.74, 6) is -0.0654. The van der Waals surface area contributed by atoms with Crippen LogP contribution in [0.1, 0.15) is 37.0 Å². The van der Waals surface area contributed by atoms with Crippen molar-refractivity contribution >= 4 is 17.5 Å². The number of carbonyl (C=O) groups is 2. The van der Waals surface area contributed by atoms with Gasteiger partial charge in [0, 0.05) is 25.3 Å². The van der Waals surface area contributed by atoms with Crippen molar-refractivity contribution in [1.29, 1.82) is 0 Å². The molecular formula is C17H25N3O2. The highest BCUT2D eigenvalue weighted by Crippen LogP contribution is 2.30. The van der Waals surface area contributed by atoms with E-state index < -0.39 is 0 Å². The number of carbonyl (C=O) groups excluding carboxylic acids is 2. The minimum absolute atomic E-state index is 0.0172. The zero-order chi connectivity index (χ0) is 16.3. The average molecular weight is 303 g/mol. The van der Waals surface area contributed by atoms with Gasteiger partial charge in [-0.2, -0.15) is 0 Å². The van der Waals surface area contributed by atoms with E-state index in [0.29, 0.717) is 11.3 Å². The molecule has 0 saturated carbocycles. The second-order valence-corrected chi connectivity index (χ2v) is 6.75. The third-order valence-electron chi connectivity index (χ3n) is 4.20. The Morgan fingerprint density at radius 3 is 2.41 bits per heavy atom. The predicted octanol–water partition coefficient (Wildman–Crippen LogP) is 2.11. The summed E-state index contributed by atoms with van der Waals surface area (Å²) in [6, 6.07) is 6.81. The summed E-state index contributed by atoms with van der Waals surface area (Å²) < 4.78 is 0. The Balaban J connectivity index is 2.04. The van der Waals surface area contributed by atoms with E-state index in [-0.39, 0.29) is 23.3 Å². The van der Waals surface area contributed by atoms with Crippen LogP contribution < -0.4 is 10.6 Å².